The Morgan fingerprint density at radius 2 is 2.25 bits per heavy atom. The molecule has 0 N–H and O–H groups in total. The molecule has 0 atom stereocenters. The van der Waals surface area contributed by atoms with Crippen molar-refractivity contribution in [2.45, 2.75) is 19.3 Å². The zero-order valence-electron chi connectivity index (χ0n) is 6.88. The number of allylic oxidation sites excluding steroid dienone is 2. The Labute approximate surface area is 70.2 Å². The number of hydrogen-bond acceptors (Lipinski definition) is 3. The first-order chi connectivity index (χ1) is 5.70. The first-order valence-electron chi connectivity index (χ1n) is 3.58. The van der Waals surface area contributed by atoms with Gasteiger partial charge in [-0.1, -0.05) is 0 Å². The molecule has 0 aliphatic heterocycles. The Bertz CT molecular complexity index is 187. The molecule has 0 aromatic heterocycles. The summed E-state index contributed by atoms with van der Waals surface area (Å²) in [5.74, 6) is -1.12. The molecule has 0 aliphatic rings. The van der Waals surface area contributed by atoms with E-state index < -0.39 is 5.83 Å². The third-order valence-corrected chi connectivity index (χ3v) is 1.26. The predicted molar refractivity (Wildman–Crippen MR) is 41.1 cm³/mol. The molecule has 0 bridgehead atoms. The second-order valence-electron chi connectivity index (χ2n) is 2.18. The van der Waals surface area contributed by atoms with Crippen molar-refractivity contribution in [1.82, 2.24) is 0 Å². The van der Waals surface area contributed by atoms with Gasteiger partial charge in [0.05, 0.1) is 7.11 Å². The molecule has 0 aromatic rings. The van der Waals surface area contributed by atoms with Crippen LogP contribution in [0.2, 0.25) is 0 Å². The molecule has 0 heterocycles. The third-order valence-electron chi connectivity index (χ3n) is 1.26. The molecule has 4 heteroatoms. The fourth-order valence-corrected chi connectivity index (χ4v) is 0.637. The summed E-state index contributed by atoms with van der Waals surface area (Å²) in [6.45, 7) is 0. The minimum atomic E-state index is -0.792. The largest absolute Gasteiger partial charge is 0.469 e. The molecule has 68 valence electrons. The fraction of sp³-hybridized carbons (Fsp3) is 0.500. The van der Waals surface area contributed by atoms with E-state index in [4.69, 9.17) is 0 Å². The topological polar surface area (TPSA) is 43.4 Å². The van der Waals surface area contributed by atoms with E-state index in [-0.39, 0.29) is 18.7 Å². The fourth-order valence-electron chi connectivity index (χ4n) is 0.637. The van der Waals surface area contributed by atoms with E-state index in [1.165, 1.54) is 7.11 Å². The van der Waals surface area contributed by atoms with Gasteiger partial charge in [0.25, 0.3) is 0 Å². The molecule has 0 spiro atoms. The zero-order valence-corrected chi connectivity index (χ0v) is 6.88. The monoisotopic (exact) mass is 174 g/mol. The predicted octanol–water partition coefficient (Wildman–Crippen LogP) is 1.38. The van der Waals surface area contributed by atoms with Gasteiger partial charge in [-0.15, -0.1) is 0 Å². The van der Waals surface area contributed by atoms with Crippen LogP contribution in [0.4, 0.5) is 4.39 Å². The zero-order chi connectivity index (χ0) is 9.40. The minimum absolute atomic E-state index is 0.137. The van der Waals surface area contributed by atoms with Crippen molar-refractivity contribution in [2.24, 2.45) is 0 Å². The van der Waals surface area contributed by atoms with Crippen molar-refractivity contribution in [1.29, 1.82) is 0 Å². The van der Waals surface area contributed by atoms with Crippen molar-refractivity contribution >= 4 is 12.3 Å². The Balaban J connectivity index is 3.44. The van der Waals surface area contributed by atoms with Crippen LogP contribution in [0.25, 0.3) is 0 Å². The summed E-state index contributed by atoms with van der Waals surface area (Å²) in [5.41, 5.74) is 0. The van der Waals surface area contributed by atoms with Crippen LogP contribution in [-0.2, 0) is 14.3 Å². The van der Waals surface area contributed by atoms with E-state index in [2.05, 4.69) is 4.74 Å². The lowest BCUT2D eigenvalue weighted by Gasteiger charge is -1.95. The maximum Gasteiger partial charge on any atom is 0.305 e. The molecular weight excluding hydrogens is 163 g/mol. The van der Waals surface area contributed by atoms with Gasteiger partial charge in [0.2, 0.25) is 0 Å². The first kappa shape index (κ1) is 10.8. The van der Waals surface area contributed by atoms with Crippen LogP contribution in [0.5, 0.6) is 0 Å². The number of hydrogen-bond donors (Lipinski definition) is 0. The van der Waals surface area contributed by atoms with Crippen molar-refractivity contribution < 1.29 is 18.7 Å². The normalized spacial score (nSPS) is 11.0. The lowest BCUT2D eigenvalue weighted by molar-refractivity contribution is -0.140. The quantitative estimate of drug-likeness (QED) is 0.274. The summed E-state index contributed by atoms with van der Waals surface area (Å²) in [6.07, 6.45) is 2.40. The second-order valence-corrected chi connectivity index (χ2v) is 2.18. The van der Waals surface area contributed by atoms with Gasteiger partial charge in [0.1, 0.15) is 0 Å². The summed E-state index contributed by atoms with van der Waals surface area (Å²) >= 11 is 0. The Hall–Kier alpha value is -1.19. The third kappa shape index (κ3) is 5.58. The van der Waals surface area contributed by atoms with Crippen molar-refractivity contribution in [3.8, 4) is 0 Å². The summed E-state index contributed by atoms with van der Waals surface area (Å²) in [7, 11) is 1.30. The van der Waals surface area contributed by atoms with Crippen LogP contribution < -0.4 is 0 Å². The molecule has 12 heavy (non-hydrogen) atoms. The molecule has 0 fully saturated rings. The summed E-state index contributed by atoms with van der Waals surface area (Å²) in [5, 5.41) is 0. The van der Waals surface area contributed by atoms with Crippen molar-refractivity contribution in [3.05, 3.63) is 11.9 Å². The molecule has 0 aliphatic carbocycles. The number of esters is 1. The van der Waals surface area contributed by atoms with Crippen LogP contribution in [0.15, 0.2) is 11.9 Å². The van der Waals surface area contributed by atoms with Gasteiger partial charge in [0, 0.05) is 6.42 Å². The molecule has 0 saturated carbocycles. The number of methoxy groups -OCH3 is 1. The van der Waals surface area contributed by atoms with Crippen LogP contribution in [0.1, 0.15) is 19.3 Å². The van der Waals surface area contributed by atoms with E-state index in [0.29, 0.717) is 12.8 Å². The van der Waals surface area contributed by atoms with E-state index in [1.807, 2.05) is 0 Å². The number of carbonyl (C=O) groups excluding carboxylic acids is 2. The molecule has 0 saturated heterocycles. The lowest BCUT2D eigenvalue weighted by Crippen LogP contribution is -1.98. The molecule has 0 aromatic carbocycles. The Morgan fingerprint density at radius 1 is 1.58 bits per heavy atom. The first-order valence-corrected chi connectivity index (χ1v) is 3.58. The van der Waals surface area contributed by atoms with Gasteiger partial charge < -0.3 is 4.74 Å². The Kier molecular flexibility index (Phi) is 5.87. The van der Waals surface area contributed by atoms with Crippen molar-refractivity contribution in [3.63, 3.8) is 0 Å². The number of unbranched alkanes of at least 4 members (excludes halogenated alkanes) is 1. The van der Waals surface area contributed by atoms with Gasteiger partial charge in [-0.25, -0.2) is 4.39 Å². The number of carbonyl (C=O) groups is 2. The smallest absolute Gasteiger partial charge is 0.305 e. The lowest BCUT2D eigenvalue weighted by atomic mass is 10.2. The molecule has 3 nitrogen and oxygen atoms in total. The van der Waals surface area contributed by atoms with E-state index in [0.717, 1.165) is 6.08 Å². The van der Waals surface area contributed by atoms with Gasteiger partial charge in [-0.3, -0.25) is 9.59 Å². The highest BCUT2D eigenvalue weighted by Gasteiger charge is 1.98. The van der Waals surface area contributed by atoms with E-state index >= 15 is 0 Å². The van der Waals surface area contributed by atoms with E-state index in [1.54, 1.807) is 0 Å². The molecular formula is C8H11FO3. The average Bonchev–Trinajstić information content (AvgIpc) is 2.11. The molecule has 0 rings (SSSR count). The van der Waals surface area contributed by atoms with Gasteiger partial charge in [0.15, 0.2) is 12.1 Å². The van der Waals surface area contributed by atoms with Crippen molar-refractivity contribution in [2.75, 3.05) is 7.11 Å². The molecule has 0 unspecified atom stereocenters. The summed E-state index contributed by atoms with van der Waals surface area (Å²) in [4.78, 5) is 20.3. The van der Waals surface area contributed by atoms with Crippen LogP contribution in [0.3, 0.4) is 0 Å². The number of rotatable bonds is 5. The minimum Gasteiger partial charge on any atom is -0.469 e. The van der Waals surface area contributed by atoms with Gasteiger partial charge >= 0.3 is 5.97 Å². The van der Waals surface area contributed by atoms with Gasteiger partial charge in [-0.2, -0.15) is 0 Å². The maximum atomic E-state index is 12.1. The molecule has 0 radical (unpaired) electrons. The van der Waals surface area contributed by atoms with Crippen LogP contribution in [-0.4, -0.2) is 19.4 Å². The van der Waals surface area contributed by atoms with E-state index in [9.17, 15) is 14.0 Å². The molecule has 0 amide bonds. The summed E-state index contributed by atoms with van der Waals surface area (Å²) in [6, 6.07) is 0. The average molecular weight is 174 g/mol. The highest BCUT2D eigenvalue weighted by atomic mass is 19.1. The van der Waals surface area contributed by atoms with Gasteiger partial charge in [-0.05, 0) is 18.9 Å². The highest BCUT2D eigenvalue weighted by molar-refractivity contribution is 5.70. The summed E-state index contributed by atoms with van der Waals surface area (Å²) < 4.78 is 16.5. The highest BCUT2D eigenvalue weighted by Crippen LogP contribution is 2.01. The standard InChI is InChI=1S/C8H11FO3/c1-12-8(11)5-3-2-4-7(9)6-10/h4,6H,2-3,5H2,1H3. The number of aldehydes is 1. The van der Waals surface area contributed by atoms with Crippen LogP contribution in [0, 0.1) is 0 Å². The van der Waals surface area contributed by atoms with Crippen LogP contribution >= 0.6 is 0 Å². The SMILES string of the molecule is COC(=O)CCCC=C(F)C=O. The number of ether oxygens (including phenoxy) is 1. The maximum absolute atomic E-state index is 12.1. The second kappa shape index (κ2) is 6.52. The number of halogens is 1. The Morgan fingerprint density at radius 3 is 2.75 bits per heavy atom.